The maximum absolute atomic E-state index is 5.70. The van der Waals surface area contributed by atoms with E-state index in [1.807, 2.05) is 18.2 Å². The Morgan fingerprint density at radius 3 is 3.00 bits per heavy atom. The van der Waals surface area contributed by atoms with Crippen LogP contribution in [0.1, 0.15) is 5.56 Å². The Hall–Kier alpha value is -1.35. The van der Waals surface area contributed by atoms with Gasteiger partial charge in [0.15, 0.2) is 5.76 Å². The highest BCUT2D eigenvalue weighted by molar-refractivity contribution is 6.17. The van der Waals surface area contributed by atoms with Crippen molar-refractivity contribution in [3.63, 3.8) is 0 Å². The number of rotatable bonds is 2. The zero-order chi connectivity index (χ0) is 9.10. The van der Waals surface area contributed by atoms with Crippen molar-refractivity contribution in [3.05, 3.63) is 36.2 Å². The Balaban J connectivity index is 2.47. The van der Waals surface area contributed by atoms with Gasteiger partial charge in [0.25, 0.3) is 0 Å². The Labute approximate surface area is 80.3 Å². The SMILES string of the molecule is ClCc1cnoc1-c1ccccn1. The second-order valence-corrected chi connectivity index (χ2v) is 2.80. The van der Waals surface area contributed by atoms with E-state index < -0.39 is 0 Å². The number of hydrogen-bond acceptors (Lipinski definition) is 3. The van der Waals surface area contributed by atoms with Gasteiger partial charge in [0.2, 0.25) is 0 Å². The quantitative estimate of drug-likeness (QED) is 0.690. The van der Waals surface area contributed by atoms with Gasteiger partial charge in [-0.25, -0.2) is 0 Å². The molecule has 2 aromatic rings. The Kier molecular flexibility index (Phi) is 2.27. The van der Waals surface area contributed by atoms with Crippen LogP contribution in [0.15, 0.2) is 35.1 Å². The molecule has 0 saturated carbocycles. The molecule has 0 fully saturated rings. The minimum atomic E-state index is 0.384. The average Bonchev–Trinajstić information content (AvgIpc) is 2.67. The van der Waals surface area contributed by atoms with E-state index in [1.165, 1.54) is 0 Å². The first kappa shape index (κ1) is 8.26. The fraction of sp³-hybridized carbons (Fsp3) is 0.111. The Morgan fingerprint density at radius 1 is 1.38 bits per heavy atom. The molecule has 2 heterocycles. The first-order valence-corrected chi connectivity index (χ1v) is 4.36. The molecule has 0 spiro atoms. The summed E-state index contributed by atoms with van der Waals surface area (Å²) in [4.78, 5) is 4.14. The maximum atomic E-state index is 5.70. The lowest BCUT2D eigenvalue weighted by atomic mass is 10.2. The molecule has 13 heavy (non-hydrogen) atoms. The third-order valence-corrected chi connectivity index (χ3v) is 1.97. The van der Waals surface area contributed by atoms with Crippen LogP contribution in [-0.2, 0) is 5.88 Å². The first-order chi connectivity index (χ1) is 6.42. The second kappa shape index (κ2) is 3.58. The van der Waals surface area contributed by atoms with E-state index >= 15 is 0 Å². The van der Waals surface area contributed by atoms with Gasteiger partial charge in [-0.3, -0.25) is 4.98 Å². The van der Waals surface area contributed by atoms with Gasteiger partial charge in [0.05, 0.1) is 12.1 Å². The van der Waals surface area contributed by atoms with Crippen LogP contribution in [-0.4, -0.2) is 10.1 Å². The number of hydrogen-bond donors (Lipinski definition) is 0. The van der Waals surface area contributed by atoms with Crippen LogP contribution < -0.4 is 0 Å². The van der Waals surface area contributed by atoms with Crippen LogP contribution >= 0.6 is 11.6 Å². The largest absolute Gasteiger partial charge is 0.354 e. The molecule has 0 aliphatic heterocycles. The van der Waals surface area contributed by atoms with Gasteiger partial charge in [-0.1, -0.05) is 11.2 Å². The smallest absolute Gasteiger partial charge is 0.189 e. The predicted octanol–water partition coefficient (Wildman–Crippen LogP) is 2.48. The van der Waals surface area contributed by atoms with E-state index in [0.717, 1.165) is 11.3 Å². The van der Waals surface area contributed by atoms with Crippen molar-refractivity contribution in [2.75, 3.05) is 0 Å². The van der Waals surface area contributed by atoms with Crippen LogP contribution in [0, 0.1) is 0 Å². The van der Waals surface area contributed by atoms with Crippen LogP contribution in [0.3, 0.4) is 0 Å². The minimum Gasteiger partial charge on any atom is -0.354 e. The van der Waals surface area contributed by atoms with Crippen molar-refractivity contribution in [2.45, 2.75) is 5.88 Å². The summed E-state index contributed by atoms with van der Waals surface area (Å²) in [5.41, 5.74) is 1.62. The molecule has 0 bridgehead atoms. The predicted molar refractivity (Wildman–Crippen MR) is 49.3 cm³/mol. The molecule has 0 aliphatic carbocycles. The van der Waals surface area contributed by atoms with Crippen molar-refractivity contribution in [3.8, 4) is 11.5 Å². The molecule has 3 nitrogen and oxygen atoms in total. The van der Waals surface area contributed by atoms with Crippen molar-refractivity contribution in [1.29, 1.82) is 0 Å². The van der Waals surface area contributed by atoms with Crippen LogP contribution in [0.25, 0.3) is 11.5 Å². The van der Waals surface area contributed by atoms with Crippen LogP contribution in [0.4, 0.5) is 0 Å². The van der Waals surface area contributed by atoms with Gasteiger partial charge in [0, 0.05) is 11.8 Å². The van der Waals surface area contributed by atoms with Crippen molar-refractivity contribution < 1.29 is 4.52 Å². The topological polar surface area (TPSA) is 38.9 Å². The summed E-state index contributed by atoms with van der Waals surface area (Å²) >= 11 is 5.70. The van der Waals surface area contributed by atoms with E-state index in [9.17, 15) is 0 Å². The van der Waals surface area contributed by atoms with Crippen molar-refractivity contribution >= 4 is 11.6 Å². The number of halogens is 1. The molecular formula is C9H7ClN2O. The standard InChI is InChI=1S/C9H7ClN2O/c10-5-7-6-12-13-9(7)8-3-1-2-4-11-8/h1-4,6H,5H2. The van der Waals surface area contributed by atoms with Crippen molar-refractivity contribution in [1.82, 2.24) is 10.1 Å². The molecule has 0 radical (unpaired) electrons. The lowest BCUT2D eigenvalue weighted by Crippen LogP contribution is -1.83. The molecule has 0 unspecified atom stereocenters. The number of alkyl halides is 1. The molecule has 0 amide bonds. The lowest BCUT2D eigenvalue weighted by Gasteiger charge is -1.95. The molecule has 0 atom stereocenters. The third-order valence-electron chi connectivity index (χ3n) is 1.69. The van der Waals surface area contributed by atoms with Gasteiger partial charge in [-0.05, 0) is 12.1 Å². The van der Waals surface area contributed by atoms with Gasteiger partial charge in [0.1, 0.15) is 5.69 Å². The highest BCUT2D eigenvalue weighted by Gasteiger charge is 2.09. The zero-order valence-electron chi connectivity index (χ0n) is 6.77. The zero-order valence-corrected chi connectivity index (χ0v) is 7.53. The summed E-state index contributed by atoms with van der Waals surface area (Å²) in [6, 6.07) is 5.60. The second-order valence-electron chi connectivity index (χ2n) is 2.53. The summed E-state index contributed by atoms with van der Waals surface area (Å²) in [5, 5.41) is 3.67. The summed E-state index contributed by atoms with van der Waals surface area (Å²) in [7, 11) is 0. The summed E-state index contributed by atoms with van der Waals surface area (Å²) in [6.07, 6.45) is 3.31. The molecule has 0 N–H and O–H groups in total. The van der Waals surface area contributed by atoms with Gasteiger partial charge in [-0.15, -0.1) is 11.6 Å². The van der Waals surface area contributed by atoms with E-state index in [-0.39, 0.29) is 0 Å². The molecule has 0 aromatic carbocycles. The van der Waals surface area contributed by atoms with Crippen molar-refractivity contribution in [2.24, 2.45) is 0 Å². The molecule has 2 rings (SSSR count). The first-order valence-electron chi connectivity index (χ1n) is 3.82. The Morgan fingerprint density at radius 2 is 2.31 bits per heavy atom. The van der Waals surface area contributed by atoms with E-state index in [4.69, 9.17) is 16.1 Å². The Bertz CT molecular complexity index is 386. The summed E-state index contributed by atoms with van der Waals surface area (Å²) in [6.45, 7) is 0. The molecular weight excluding hydrogens is 188 g/mol. The normalized spacial score (nSPS) is 10.2. The van der Waals surface area contributed by atoms with E-state index in [2.05, 4.69) is 10.1 Å². The third kappa shape index (κ3) is 1.55. The lowest BCUT2D eigenvalue weighted by molar-refractivity contribution is 0.430. The highest BCUT2D eigenvalue weighted by atomic mass is 35.5. The molecule has 66 valence electrons. The fourth-order valence-corrected chi connectivity index (χ4v) is 1.25. The van der Waals surface area contributed by atoms with E-state index in [0.29, 0.717) is 11.6 Å². The average molecular weight is 195 g/mol. The van der Waals surface area contributed by atoms with Gasteiger partial charge in [-0.2, -0.15) is 0 Å². The van der Waals surface area contributed by atoms with Gasteiger partial charge >= 0.3 is 0 Å². The number of aromatic nitrogens is 2. The molecule has 2 aromatic heterocycles. The maximum Gasteiger partial charge on any atom is 0.189 e. The molecule has 0 saturated heterocycles. The monoisotopic (exact) mass is 194 g/mol. The highest BCUT2D eigenvalue weighted by Crippen LogP contribution is 2.21. The van der Waals surface area contributed by atoms with E-state index in [1.54, 1.807) is 12.4 Å². The molecule has 0 aliphatic rings. The van der Waals surface area contributed by atoms with Crippen LogP contribution in [0.5, 0.6) is 0 Å². The summed E-state index contributed by atoms with van der Waals surface area (Å²) in [5.74, 6) is 1.03. The van der Waals surface area contributed by atoms with Gasteiger partial charge < -0.3 is 4.52 Å². The van der Waals surface area contributed by atoms with Crippen LogP contribution in [0.2, 0.25) is 0 Å². The number of nitrogens with zero attached hydrogens (tertiary/aromatic N) is 2. The summed E-state index contributed by atoms with van der Waals surface area (Å²) < 4.78 is 5.04. The fourth-order valence-electron chi connectivity index (χ4n) is 1.06. The molecule has 4 heteroatoms. The number of pyridine rings is 1. The minimum absolute atomic E-state index is 0.384.